The van der Waals surface area contributed by atoms with Crippen LogP contribution in [0.4, 0.5) is 15.8 Å². The Hall–Kier alpha value is -2.65. The molecule has 168 valence electrons. The van der Waals surface area contributed by atoms with Crippen molar-refractivity contribution >= 4 is 50.7 Å². The van der Waals surface area contributed by atoms with Crippen molar-refractivity contribution in [1.82, 2.24) is 4.31 Å². The molecule has 0 aliphatic rings. The number of hydrogen-bond donors (Lipinski definition) is 1. The van der Waals surface area contributed by atoms with Crippen molar-refractivity contribution in [2.24, 2.45) is 0 Å². The zero-order chi connectivity index (χ0) is 23.5. The lowest BCUT2D eigenvalue weighted by molar-refractivity contribution is 0.102. The topological polar surface area (TPSA) is 69.7 Å². The predicted octanol–water partition coefficient (Wildman–Crippen LogP) is 5.20. The Kier molecular flexibility index (Phi) is 7.40. The van der Waals surface area contributed by atoms with Crippen molar-refractivity contribution in [3.05, 3.63) is 93.7 Å². The molecule has 0 aliphatic heterocycles. The van der Waals surface area contributed by atoms with Gasteiger partial charge < -0.3 is 5.32 Å². The maximum atomic E-state index is 14.4. The van der Waals surface area contributed by atoms with Gasteiger partial charge in [-0.25, -0.2) is 4.39 Å². The second kappa shape index (κ2) is 9.87. The van der Waals surface area contributed by atoms with Crippen LogP contribution in [0.1, 0.15) is 15.9 Å². The fourth-order valence-electron chi connectivity index (χ4n) is 2.86. The van der Waals surface area contributed by atoms with E-state index in [2.05, 4.69) is 5.32 Å². The van der Waals surface area contributed by atoms with Gasteiger partial charge in [0.1, 0.15) is 5.82 Å². The molecule has 0 bridgehead atoms. The van der Waals surface area contributed by atoms with Crippen LogP contribution < -0.4 is 9.62 Å². The normalized spacial score (nSPS) is 11.4. The molecule has 3 aromatic rings. The summed E-state index contributed by atoms with van der Waals surface area (Å²) in [6, 6.07) is 16.8. The Labute approximate surface area is 196 Å². The molecular weight excluding hydrogens is 476 g/mol. The number of carbonyl (C=O) groups is 1. The van der Waals surface area contributed by atoms with E-state index in [0.29, 0.717) is 21.8 Å². The van der Waals surface area contributed by atoms with Crippen molar-refractivity contribution in [2.75, 3.05) is 23.7 Å². The Morgan fingerprint density at radius 1 is 0.969 bits per heavy atom. The minimum atomic E-state index is -3.97. The number of para-hydroxylation sites is 1. The lowest BCUT2D eigenvalue weighted by Gasteiger charge is -2.27. The van der Waals surface area contributed by atoms with Crippen LogP contribution in [0.15, 0.2) is 66.7 Å². The molecule has 6 nitrogen and oxygen atoms in total. The summed E-state index contributed by atoms with van der Waals surface area (Å²) < 4.78 is 42.0. The highest BCUT2D eigenvalue weighted by molar-refractivity contribution is 7.90. The van der Waals surface area contributed by atoms with Gasteiger partial charge in [-0.3, -0.25) is 9.10 Å². The third-order valence-electron chi connectivity index (χ3n) is 4.60. The van der Waals surface area contributed by atoms with Crippen LogP contribution in [0.5, 0.6) is 0 Å². The molecule has 1 N–H and O–H groups in total. The van der Waals surface area contributed by atoms with E-state index in [1.807, 2.05) is 0 Å². The molecular formula is C22H20Cl2FN3O3S. The number of amides is 1. The van der Waals surface area contributed by atoms with Crippen molar-refractivity contribution < 1.29 is 17.6 Å². The fraction of sp³-hybridized carbons (Fsp3) is 0.136. The van der Waals surface area contributed by atoms with Crippen LogP contribution in [0.25, 0.3) is 0 Å². The highest BCUT2D eigenvalue weighted by atomic mass is 35.5. The summed E-state index contributed by atoms with van der Waals surface area (Å²) in [6.45, 7) is -0.122. The van der Waals surface area contributed by atoms with E-state index in [4.69, 9.17) is 23.2 Å². The van der Waals surface area contributed by atoms with Crippen molar-refractivity contribution in [3.8, 4) is 0 Å². The molecule has 0 unspecified atom stereocenters. The SMILES string of the molecule is CN(C)S(=O)(=O)N(Cc1ccc(C(=O)Nc2cccc(Cl)c2Cl)cc1)c1ccccc1F. The molecule has 3 aromatic carbocycles. The van der Waals surface area contributed by atoms with E-state index in [9.17, 15) is 17.6 Å². The molecule has 0 heterocycles. The summed E-state index contributed by atoms with van der Waals surface area (Å²) in [6.07, 6.45) is 0. The summed E-state index contributed by atoms with van der Waals surface area (Å²) in [5.74, 6) is -1.07. The zero-order valence-corrected chi connectivity index (χ0v) is 19.5. The quantitative estimate of drug-likeness (QED) is 0.489. The number of nitrogens with zero attached hydrogens (tertiary/aromatic N) is 2. The van der Waals surface area contributed by atoms with Gasteiger partial charge in [0, 0.05) is 19.7 Å². The summed E-state index contributed by atoms with van der Waals surface area (Å²) in [5, 5.41) is 3.23. The van der Waals surface area contributed by atoms with E-state index in [-0.39, 0.29) is 17.3 Å². The highest BCUT2D eigenvalue weighted by Crippen LogP contribution is 2.30. The van der Waals surface area contributed by atoms with Gasteiger partial charge in [-0.15, -0.1) is 0 Å². The van der Waals surface area contributed by atoms with Crippen LogP contribution >= 0.6 is 23.2 Å². The third-order valence-corrected chi connectivity index (χ3v) is 7.23. The molecule has 0 atom stereocenters. The van der Waals surface area contributed by atoms with Crippen LogP contribution in [-0.4, -0.2) is 32.7 Å². The van der Waals surface area contributed by atoms with Gasteiger partial charge >= 0.3 is 10.2 Å². The minimum absolute atomic E-state index is 0.0707. The Bertz CT molecular complexity index is 1240. The van der Waals surface area contributed by atoms with Gasteiger partial charge in [0.2, 0.25) is 0 Å². The third kappa shape index (κ3) is 5.21. The molecule has 0 radical (unpaired) electrons. The average molecular weight is 496 g/mol. The average Bonchev–Trinajstić information content (AvgIpc) is 2.76. The lowest BCUT2D eigenvalue weighted by atomic mass is 10.1. The van der Waals surface area contributed by atoms with E-state index >= 15 is 0 Å². The van der Waals surface area contributed by atoms with E-state index < -0.39 is 21.9 Å². The second-order valence-electron chi connectivity index (χ2n) is 7.00. The van der Waals surface area contributed by atoms with Crippen molar-refractivity contribution in [2.45, 2.75) is 6.54 Å². The molecule has 0 aliphatic carbocycles. The molecule has 3 rings (SSSR count). The van der Waals surface area contributed by atoms with E-state index in [1.165, 1.54) is 32.3 Å². The number of carbonyl (C=O) groups excluding carboxylic acids is 1. The molecule has 0 saturated carbocycles. The highest BCUT2D eigenvalue weighted by Gasteiger charge is 2.27. The molecule has 0 fully saturated rings. The van der Waals surface area contributed by atoms with Crippen molar-refractivity contribution in [1.29, 1.82) is 0 Å². The molecule has 0 saturated heterocycles. The fourth-order valence-corrected chi connectivity index (χ4v) is 4.32. The summed E-state index contributed by atoms with van der Waals surface area (Å²) in [7, 11) is -1.22. The van der Waals surface area contributed by atoms with Gasteiger partial charge in [0.05, 0.1) is 28.0 Å². The van der Waals surface area contributed by atoms with Gasteiger partial charge in [0.25, 0.3) is 5.91 Å². The Balaban J connectivity index is 1.84. The van der Waals surface area contributed by atoms with Crippen LogP contribution in [-0.2, 0) is 16.8 Å². The standard InChI is InChI=1S/C22H20Cl2FN3O3S/c1-27(2)32(30,31)28(20-9-4-3-7-18(20)25)14-15-10-12-16(13-11-15)22(29)26-19-8-5-6-17(23)21(19)24/h3-13H,14H2,1-2H3,(H,26,29). The molecule has 0 spiro atoms. The first-order valence-electron chi connectivity index (χ1n) is 9.40. The molecule has 32 heavy (non-hydrogen) atoms. The first-order valence-corrected chi connectivity index (χ1v) is 11.6. The number of benzene rings is 3. The summed E-state index contributed by atoms with van der Waals surface area (Å²) in [4.78, 5) is 12.6. The number of rotatable bonds is 7. The maximum absolute atomic E-state index is 14.4. The van der Waals surface area contributed by atoms with Gasteiger partial charge in [-0.05, 0) is 42.0 Å². The van der Waals surface area contributed by atoms with Gasteiger partial charge in [-0.1, -0.05) is 53.5 Å². The maximum Gasteiger partial charge on any atom is 0.303 e. The van der Waals surface area contributed by atoms with Gasteiger partial charge in [0.15, 0.2) is 0 Å². The predicted molar refractivity (Wildman–Crippen MR) is 126 cm³/mol. The number of halogens is 3. The largest absolute Gasteiger partial charge is 0.321 e. The first-order chi connectivity index (χ1) is 15.1. The number of hydrogen-bond acceptors (Lipinski definition) is 3. The van der Waals surface area contributed by atoms with Crippen LogP contribution in [0, 0.1) is 5.82 Å². The molecule has 0 aromatic heterocycles. The summed E-state index contributed by atoms with van der Waals surface area (Å²) in [5.41, 5.74) is 1.20. The van der Waals surface area contributed by atoms with Crippen LogP contribution in [0.2, 0.25) is 10.0 Å². The monoisotopic (exact) mass is 495 g/mol. The zero-order valence-electron chi connectivity index (χ0n) is 17.2. The number of anilines is 2. The Morgan fingerprint density at radius 2 is 1.62 bits per heavy atom. The van der Waals surface area contributed by atoms with E-state index in [0.717, 1.165) is 8.61 Å². The number of nitrogens with one attached hydrogen (secondary N) is 1. The lowest BCUT2D eigenvalue weighted by Crippen LogP contribution is -2.40. The smallest absolute Gasteiger partial charge is 0.303 e. The molecule has 1 amide bonds. The second-order valence-corrected chi connectivity index (χ2v) is 9.85. The van der Waals surface area contributed by atoms with Crippen molar-refractivity contribution in [3.63, 3.8) is 0 Å². The van der Waals surface area contributed by atoms with Crippen LogP contribution in [0.3, 0.4) is 0 Å². The molecule has 10 heteroatoms. The van der Waals surface area contributed by atoms with Gasteiger partial charge in [-0.2, -0.15) is 12.7 Å². The van der Waals surface area contributed by atoms with E-state index in [1.54, 1.807) is 48.5 Å². The first kappa shape index (κ1) is 24.0. The minimum Gasteiger partial charge on any atom is -0.321 e. The summed E-state index contributed by atoms with van der Waals surface area (Å²) >= 11 is 12.1. The Morgan fingerprint density at radius 3 is 2.25 bits per heavy atom.